The molecule has 0 radical (unpaired) electrons. The Labute approximate surface area is 256 Å². The lowest BCUT2D eigenvalue weighted by Crippen LogP contribution is -2.27. The Balaban J connectivity index is 3.58. The minimum absolute atomic E-state index is 0.558. The third kappa shape index (κ3) is 32.1. The SMILES string of the molecule is CCCCCCCCCCCCCCCCCCOC(CCCCCCCCCCCCCCCC)C(=O)OOO. The number of hydrogen-bond donors (Lipinski definition) is 1. The third-order valence-corrected chi connectivity index (χ3v) is 8.52. The summed E-state index contributed by atoms with van der Waals surface area (Å²) in [4.78, 5) is 16.4. The van der Waals surface area contributed by atoms with Crippen LogP contribution in [0.25, 0.3) is 0 Å². The van der Waals surface area contributed by atoms with E-state index in [0.717, 1.165) is 25.7 Å². The zero-order valence-corrected chi connectivity index (χ0v) is 27.8. The molecule has 0 aliphatic heterocycles. The van der Waals surface area contributed by atoms with E-state index in [1.165, 1.54) is 167 Å². The first-order valence-corrected chi connectivity index (χ1v) is 18.4. The molecule has 0 saturated carbocycles. The molecular weight excluding hydrogens is 512 g/mol. The zero-order chi connectivity index (χ0) is 29.9. The second kappa shape index (κ2) is 35.5. The summed E-state index contributed by atoms with van der Waals surface area (Å²) in [6, 6.07) is 0. The van der Waals surface area contributed by atoms with Gasteiger partial charge in [0.15, 0.2) is 6.10 Å². The van der Waals surface area contributed by atoms with Gasteiger partial charge >= 0.3 is 5.97 Å². The summed E-state index contributed by atoms with van der Waals surface area (Å²) in [6.07, 6.45) is 39.6. The van der Waals surface area contributed by atoms with Crippen molar-refractivity contribution >= 4 is 5.97 Å². The van der Waals surface area contributed by atoms with Crippen molar-refractivity contribution in [2.24, 2.45) is 0 Å². The standard InChI is InChI=1S/C36H72O5/c1-3-5-7-9-11-13-15-17-19-20-22-24-26-28-30-32-34-39-35(36(37)40-41-38)33-31-29-27-25-23-21-18-16-14-12-10-8-6-4-2/h35,38H,3-34H2,1-2H3. The number of hydrogen-bond acceptors (Lipinski definition) is 5. The maximum absolute atomic E-state index is 12.1. The average Bonchev–Trinajstić information content (AvgIpc) is 2.97. The van der Waals surface area contributed by atoms with E-state index >= 15 is 0 Å². The van der Waals surface area contributed by atoms with Crippen LogP contribution in [0, 0.1) is 0 Å². The van der Waals surface area contributed by atoms with E-state index in [-0.39, 0.29) is 0 Å². The van der Waals surface area contributed by atoms with E-state index in [1.807, 2.05) is 0 Å². The fourth-order valence-electron chi connectivity index (χ4n) is 5.76. The Kier molecular flexibility index (Phi) is 35.0. The molecular formula is C36H72O5. The highest BCUT2D eigenvalue weighted by molar-refractivity contribution is 5.73. The Morgan fingerprint density at radius 3 is 1.07 bits per heavy atom. The molecule has 0 aromatic heterocycles. The summed E-state index contributed by atoms with van der Waals surface area (Å²) in [6.45, 7) is 5.11. The Bertz CT molecular complexity index is 498. The molecule has 0 aromatic carbocycles. The third-order valence-electron chi connectivity index (χ3n) is 8.52. The molecule has 5 nitrogen and oxygen atoms in total. The van der Waals surface area contributed by atoms with Gasteiger partial charge < -0.3 is 4.74 Å². The van der Waals surface area contributed by atoms with Gasteiger partial charge in [-0.25, -0.2) is 10.1 Å². The molecule has 0 fully saturated rings. The number of unbranched alkanes of at least 4 members (excludes halogenated alkanes) is 28. The molecule has 1 unspecified atom stereocenters. The van der Waals surface area contributed by atoms with Gasteiger partial charge in [0.2, 0.25) is 0 Å². The second-order valence-electron chi connectivity index (χ2n) is 12.5. The molecule has 0 aliphatic rings. The van der Waals surface area contributed by atoms with Crippen LogP contribution in [0.3, 0.4) is 0 Å². The lowest BCUT2D eigenvalue weighted by Gasteiger charge is -2.15. The van der Waals surface area contributed by atoms with Gasteiger partial charge in [0, 0.05) is 6.61 Å². The quantitative estimate of drug-likeness (QED) is 0.0456. The van der Waals surface area contributed by atoms with Crippen LogP contribution in [0.15, 0.2) is 0 Å². The molecule has 0 bridgehead atoms. The highest BCUT2D eigenvalue weighted by Crippen LogP contribution is 2.16. The van der Waals surface area contributed by atoms with Gasteiger partial charge in [-0.15, -0.1) is 0 Å². The molecule has 0 spiro atoms. The number of ether oxygens (including phenoxy) is 1. The number of carbonyl (C=O) groups is 1. The summed E-state index contributed by atoms with van der Waals surface area (Å²) in [5.41, 5.74) is 0. The normalized spacial score (nSPS) is 12.2. The van der Waals surface area contributed by atoms with Crippen LogP contribution in [0.2, 0.25) is 0 Å². The molecule has 0 heterocycles. The lowest BCUT2D eigenvalue weighted by molar-refractivity contribution is -0.464. The molecule has 246 valence electrons. The average molecular weight is 585 g/mol. The van der Waals surface area contributed by atoms with Crippen molar-refractivity contribution in [3.8, 4) is 0 Å². The lowest BCUT2D eigenvalue weighted by atomic mass is 10.0. The minimum atomic E-state index is -0.643. The molecule has 0 saturated heterocycles. The molecule has 0 amide bonds. The van der Waals surface area contributed by atoms with E-state index in [4.69, 9.17) is 9.99 Å². The summed E-state index contributed by atoms with van der Waals surface area (Å²) >= 11 is 0. The summed E-state index contributed by atoms with van der Waals surface area (Å²) in [7, 11) is 0. The maximum atomic E-state index is 12.1. The van der Waals surface area contributed by atoms with Crippen LogP contribution in [0.1, 0.15) is 213 Å². The molecule has 41 heavy (non-hydrogen) atoms. The van der Waals surface area contributed by atoms with Crippen molar-refractivity contribution < 1.29 is 24.7 Å². The highest BCUT2D eigenvalue weighted by Gasteiger charge is 2.21. The smallest absolute Gasteiger partial charge is 0.366 e. The van der Waals surface area contributed by atoms with Gasteiger partial charge in [0.25, 0.3) is 0 Å². The van der Waals surface area contributed by atoms with E-state index in [1.54, 1.807) is 0 Å². The predicted octanol–water partition coefficient (Wildman–Crippen LogP) is 12.5. The van der Waals surface area contributed by atoms with Crippen molar-refractivity contribution in [3.63, 3.8) is 0 Å². The summed E-state index contributed by atoms with van der Waals surface area (Å²) in [5, 5.41) is 12.1. The fourth-order valence-corrected chi connectivity index (χ4v) is 5.76. The first-order chi connectivity index (χ1) is 20.3. The van der Waals surface area contributed by atoms with Crippen LogP contribution >= 0.6 is 0 Å². The van der Waals surface area contributed by atoms with Gasteiger partial charge in [0.05, 0.1) is 0 Å². The molecule has 1 N–H and O–H groups in total. The number of carbonyl (C=O) groups excluding carboxylic acids is 1. The van der Waals surface area contributed by atoms with Gasteiger partial charge in [0.1, 0.15) is 0 Å². The Morgan fingerprint density at radius 1 is 0.463 bits per heavy atom. The van der Waals surface area contributed by atoms with Crippen LogP contribution in [-0.4, -0.2) is 23.9 Å². The van der Waals surface area contributed by atoms with E-state index < -0.39 is 12.1 Å². The minimum Gasteiger partial charge on any atom is -0.366 e. The van der Waals surface area contributed by atoms with E-state index in [0.29, 0.717) is 13.0 Å². The first kappa shape index (κ1) is 40.4. The highest BCUT2D eigenvalue weighted by atomic mass is 17.5. The largest absolute Gasteiger partial charge is 0.374 e. The molecule has 5 heteroatoms. The van der Waals surface area contributed by atoms with E-state index in [9.17, 15) is 4.79 Å². The molecule has 1 atom stereocenters. The Hall–Kier alpha value is -0.650. The van der Waals surface area contributed by atoms with Crippen LogP contribution < -0.4 is 0 Å². The van der Waals surface area contributed by atoms with Crippen molar-refractivity contribution in [2.45, 2.75) is 219 Å². The van der Waals surface area contributed by atoms with Crippen molar-refractivity contribution in [2.75, 3.05) is 6.61 Å². The van der Waals surface area contributed by atoms with Crippen LogP contribution in [-0.2, 0) is 19.5 Å². The monoisotopic (exact) mass is 585 g/mol. The zero-order valence-electron chi connectivity index (χ0n) is 27.8. The van der Waals surface area contributed by atoms with E-state index in [2.05, 4.69) is 23.8 Å². The van der Waals surface area contributed by atoms with Crippen LogP contribution in [0.4, 0.5) is 0 Å². The van der Waals surface area contributed by atoms with Crippen molar-refractivity contribution in [3.05, 3.63) is 0 Å². The van der Waals surface area contributed by atoms with Gasteiger partial charge in [-0.1, -0.05) is 200 Å². The molecule has 0 aromatic rings. The fraction of sp³-hybridized carbons (Fsp3) is 0.972. The topological polar surface area (TPSA) is 65.0 Å². The first-order valence-electron chi connectivity index (χ1n) is 18.4. The summed E-state index contributed by atoms with van der Waals surface area (Å²) in [5.74, 6) is -0.626. The van der Waals surface area contributed by atoms with Gasteiger partial charge in [-0.2, -0.15) is 0 Å². The van der Waals surface area contributed by atoms with Crippen molar-refractivity contribution in [1.29, 1.82) is 0 Å². The van der Waals surface area contributed by atoms with Gasteiger partial charge in [-0.05, 0) is 17.9 Å². The maximum Gasteiger partial charge on any atom is 0.374 e. The molecule has 0 rings (SSSR count). The number of rotatable bonds is 35. The van der Waals surface area contributed by atoms with Crippen LogP contribution in [0.5, 0.6) is 0 Å². The van der Waals surface area contributed by atoms with Gasteiger partial charge in [-0.3, -0.25) is 4.89 Å². The Morgan fingerprint density at radius 2 is 0.756 bits per heavy atom. The second-order valence-corrected chi connectivity index (χ2v) is 12.5. The predicted molar refractivity (Wildman–Crippen MR) is 174 cm³/mol. The molecule has 0 aliphatic carbocycles. The summed E-state index contributed by atoms with van der Waals surface area (Å²) < 4.78 is 5.82. The van der Waals surface area contributed by atoms with Crippen molar-refractivity contribution in [1.82, 2.24) is 0 Å².